The second-order valence-electron chi connectivity index (χ2n) is 6.60. The summed E-state index contributed by atoms with van der Waals surface area (Å²) in [7, 11) is -2.40. The molecule has 30 heavy (non-hydrogen) atoms. The van der Waals surface area contributed by atoms with Crippen LogP contribution in [0.25, 0.3) is 0 Å². The fourth-order valence-corrected chi connectivity index (χ4v) is 3.89. The van der Waals surface area contributed by atoms with Gasteiger partial charge in [0.2, 0.25) is 0 Å². The molecule has 0 aliphatic rings. The van der Waals surface area contributed by atoms with Gasteiger partial charge in [0.25, 0.3) is 15.9 Å². The van der Waals surface area contributed by atoms with Crippen LogP contribution in [0.2, 0.25) is 0 Å². The van der Waals surface area contributed by atoms with Crippen molar-refractivity contribution in [2.24, 2.45) is 0 Å². The summed E-state index contributed by atoms with van der Waals surface area (Å²) in [6.07, 6.45) is 0. The molecule has 0 fully saturated rings. The summed E-state index contributed by atoms with van der Waals surface area (Å²) >= 11 is 0. The highest BCUT2D eigenvalue weighted by Crippen LogP contribution is 2.26. The van der Waals surface area contributed by atoms with Gasteiger partial charge in [0.1, 0.15) is 11.6 Å². The van der Waals surface area contributed by atoms with Crippen LogP contribution in [0.1, 0.15) is 21.5 Å². The molecule has 0 unspecified atom stereocenters. The summed E-state index contributed by atoms with van der Waals surface area (Å²) in [6, 6.07) is 16.9. The molecule has 156 valence electrons. The minimum absolute atomic E-state index is 0.0131. The van der Waals surface area contributed by atoms with E-state index in [0.29, 0.717) is 22.6 Å². The minimum atomic E-state index is -3.85. The number of halogens is 1. The monoisotopic (exact) mass is 428 g/mol. The van der Waals surface area contributed by atoms with E-state index >= 15 is 0 Å². The number of carbonyl (C=O) groups is 1. The van der Waals surface area contributed by atoms with Crippen LogP contribution in [0.15, 0.2) is 71.6 Å². The molecule has 0 aliphatic heterocycles. The zero-order valence-electron chi connectivity index (χ0n) is 16.5. The van der Waals surface area contributed by atoms with Crippen molar-refractivity contribution in [3.63, 3.8) is 0 Å². The third kappa shape index (κ3) is 4.96. The van der Waals surface area contributed by atoms with Gasteiger partial charge in [-0.1, -0.05) is 24.3 Å². The number of sulfonamides is 1. The van der Waals surface area contributed by atoms with Gasteiger partial charge < -0.3 is 10.1 Å². The number of ether oxygens (including phenoxy) is 1. The molecule has 0 bridgehead atoms. The summed E-state index contributed by atoms with van der Waals surface area (Å²) < 4.78 is 46.2. The van der Waals surface area contributed by atoms with E-state index in [1.807, 2.05) is 0 Å². The molecule has 0 heterocycles. The molecule has 0 aliphatic carbocycles. The normalized spacial score (nSPS) is 11.0. The Morgan fingerprint density at radius 3 is 2.40 bits per heavy atom. The lowest BCUT2D eigenvalue weighted by Crippen LogP contribution is -2.23. The fraction of sp³-hybridized carbons (Fsp3) is 0.136. The molecule has 0 saturated carbocycles. The van der Waals surface area contributed by atoms with E-state index in [9.17, 15) is 17.6 Å². The third-order valence-electron chi connectivity index (χ3n) is 4.45. The predicted molar refractivity (Wildman–Crippen MR) is 113 cm³/mol. The van der Waals surface area contributed by atoms with Crippen LogP contribution in [0.4, 0.5) is 10.1 Å². The van der Waals surface area contributed by atoms with Crippen molar-refractivity contribution in [3.8, 4) is 5.75 Å². The van der Waals surface area contributed by atoms with Crippen molar-refractivity contribution in [1.82, 2.24) is 5.32 Å². The third-order valence-corrected chi connectivity index (χ3v) is 5.83. The molecule has 3 aromatic rings. The quantitative estimate of drug-likeness (QED) is 0.598. The number of amides is 1. The molecule has 6 nitrogen and oxygen atoms in total. The van der Waals surface area contributed by atoms with Gasteiger partial charge >= 0.3 is 0 Å². The first-order valence-electron chi connectivity index (χ1n) is 9.09. The Morgan fingerprint density at radius 1 is 1.03 bits per heavy atom. The first kappa shape index (κ1) is 21.3. The van der Waals surface area contributed by atoms with Crippen molar-refractivity contribution in [1.29, 1.82) is 0 Å². The number of hydrogen-bond donors (Lipinski definition) is 2. The van der Waals surface area contributed by atoms with Gasteiger partial charge in [-0.05, 0) is 60.5 Å². The highest BCUT2D eigenvalue weighted by Gasteiger charge is 2.17. The van der Waals surface area contributed by atoms with E-state index in [1.54, 1.807) is 43.3 Å². The molecule has 0 aromatic heterocycles. The second-order valence-corrected chi connectivity index (χ2v) is 8.28. The van der Waals surface area contributed by atoms with E-state index in [-0.39, 0.29) is 23.2 Å². The van der Waals surface area contributed by atoms with Gasteiger partial charge in [-0.3, -0.25) is 9.52 Å². The van der Waals surface area contributed by atoms with E-state index in [0.717, 1.165) is 5.56 Å². The lowest BCUT2D eigenvalue weighted by atomic mass is 10.1. The summed E-state index contributed by atoms with van der Waals surface area (Å²) in [4.78, 5) is 12.4. The van der Waals surface area contributed by atoms with Crippen LogP contribution in [-0.2, 0) is 16.6 Å². The number of aryl methyl sites for hydroxylation is 1. The molecular weight excluding hydrogens is 407 g/mol. The van der Waals surface area contributed by atoms with Crippen molar-refractivity contribution < 1.29 is 22.3 Å². The molecule has 3 rings (SSSR count). The number of hydrogen-bond acceptors (Lipinski definition) is 4. The summed E-state index contributed by atoms with van der Waals surface area (Å²) in [5.74, 6) is -0.268. The molecule has 0 saturated heterocycles. The van der Waals surface area contributed by atoms with Gasteiger partial charge in [0.15, 0.2) is 0 Å². The fourth-order valence-electron chi connectivity index (χ4n) is 2.82. The molecule has 0 spiro atoms. The van der Waals surface area contributed by atoms with E-state index in [4.69, 9.17) is 4.74 Å². The Kier molecular flexibility index (Phi) is 6.37. The highest BCUT2D eigenvalue weighted by atomic mass is 32.2. The average Bonchev–Trinajstić information content (AvgIpc) is 2.74. The van der Waals surface area contributed by atoms with Crippen LogP contribution in [0.5, 0.6) is 5.75 Å². The lowest BCUT2D eigenvalue weighted by Gasteiger charge is -2.12. The summed E-state index contributed by atoms with van der Waals surface area (Å²) in [5, 5.41) is 2.73. The molecule has 1 amide bonds. The van der Waals surface area contributed by atoms with Crippen LogP contribution in [-0.4, -0.2) is 21.4 Å². The number of benzene rings is 3. The van der Waals surface area contributed by atoms with Crippen LogP contribution in [0.3, 0.4) is 0 Å². The number of nitrogens with one attached hydrogen (secondary N) is 2. The van der Waals surface area contributed by atoms with Gasteiger partial charge in [0, 0.05) is 12.1 Å². The van der Waals surface area contributed by atoms with Crippen LogP contribution < -0.4 is 14.8 Å². The molecular formula is C22H21FN2O4S. The molecule has 0 radical (unpaired) electrons. The molecule has 0 atom stereocenters. The second kappa shape index (κ2) is 8.96. The molecule has 8 heteroatoms. The smallest absolute Gasteiger partial charge is 0.262 e. The number of para-hydroxylation sites is 2. The van der Waals surface area contributed by atoms with E-state index < -0.39 is 10.0 Å². The number of anilines is 1. The number of methoxy groups -OCH3 is 1. The summed E-state index contributed by atoms with van der Waals surface area (Å²) in [6.45, 7) is 1.88. The topological polar surface area (TPSA) is 84.5 Å². The maximum Gasteiger partial charge on any atom is 0.262 e. The van der Waals surface area contributed by atoms with Gasteiger partial charge in [0.05, 0.1) is 17.7 Å². The van der Waals surface area contributed by atoms with Gasteiger partial charge in [-0.2, -0.15) is 0 Å². The molecule has 2 N–H and O–H groups in total. The first-order valence-corrected chi connectivity index (χ1v) is 10.6. The van der Waals surface area contributed by atoms with Gasteiger partial charge in [-0.15, -0.1) is 0 Å². The van der Waals surface area contributed by atoms with Gasteiger partial charge in [-0.25, -0.2) is 12.8 Å². The first-order chi connectivity index (χ1) is 14.3. The standard InChI is InChI=1S/C22H21FN2O4S/c1-15-13-16(7-12-19(15)23)14-24-22(26)17-8-10-18(11-9-17)30(27,28)25-20-5-3-4-6-21(20)29-2/h3-13,25H,14H2,1-2H3,(H,24,26). The largest absolute Gasteiger partial charge is 0.495 e. The highest BCUT2D eigenvalue weighted by molar-refractivity contribution is 7.92. The van der Waals surface area contributed by atoms with Crippen molar-refractivity contribution in [3.05, 3.63) is 89.2 Å². The van der Waals surface area contributed by atoms with Crippen LogP contribution >= 0.6 is 0 Å². The zero-order valence-corrected chi connectivity index (χ0v) is 17.3. The van der Waals surface area contributed by atoms with Crippen molar-refractivity contribution in [2.75, 3.05) is 11.8 Å². The van der Waals surface area contributed by atoms with E-state index in [2.05, 4.69) is 10.0 Å². The minimum Gasteiger partial charge on any atom is -0.495 e. The Morgan fingerprint density at radius 2 is 1.73 bits per heavy atom. The zero-order chi connectivity index (χ0) is 21.7. The van der Waals surface area contributed by atoms with E-state index in [1.165, 1.54) is 37.4 Å². The Balaban J connectivity index is 1.68. The number of rotatable bonds is 7. The number of carbonyl (C=O) groups excluding carboxylic acids is 1. The SMILES string of the molecule is COc1ccccc1NS(=O)(=O)c1ccc(C(=O)NCc2ccc(F)c(C)c2)cc1. The Hall–Kier alpha value is -3.39. The Bertz CT molecular complexity index is 1160. The molecule has 3 aromatic carbocycles. The maximum absolute atomic E-state index is 13.3. The summed E-state index contributed by atoms with van der Waals surface area (Å²) in [5.41, 5.74) is 1.89. The van der Waals surface area contributed by atoms with Crippen molar-refractivity contribution in [2.45, 2.75) is 18.4 Å². The average molecular weight is 428 g/mol. The maximum atomic E-state index is 13.3. The van der Waals surface area contributed by atoms with Crippen molar-refractivity contribution >= 4 is 21.6 Å². The lowest BCUT2D eigenvalue weighted by molar-refractivity contribution is 0.0951. The predicted octanol–water partition coefficient (Wildman–Crippen LogP) is 3.87. The Labute approximate surface area is 174 Å². The van der Waals surface area contributed by atoms with Crippen LogP contribution in [0, 0.1) is 12.7 Å².